The van der Waals surface area contributed by atoms with Crippen molar-refractivity contribution in [3.05, 3.63) is 0 Å². The fourth-order valence-electron chi connectivity index (χ4n) is 2.61. The maximum atomic E-state index is 9.64. The van der Waals surface area contributed by atoms with Crippen molar-refractivity contribution >= 4 is 0 Å². The van der Waals surface area contributed by atoms with E-state index in [1.54, 1.807) is 0 Å². The molecule has 0 aromatic carbocycles. The zero-order valence-corrected chi connectivity index (χ0v) is 10.1. The maximum Gasteiger partial charge on any atom is 0.0621 e. The molecule has 88 valence electrons. The highest BCUT2D eigenvalue weighted by Gasteiger charge is 2.53. The molecule has 15 heavy (non-hydrogen) atoms. The average molecular weight is 213 g/mol. The molecule has 2 rings (SSSR count). The van der Waals surface area contributed by atoms with Gasteiger partial charge in [0, 0.05) is 22.9 Å². The van der Waals surface area contributed by atoms with E-state index in [0.29, 0.717) is 12.1 Å². The molecule has 2 fully saturated rings. The van der Waals surface area contributed by atoms with E-state index in [0.717, 1.165) is 12.8 Å². The fraction of sp³-hybridized carbons (Fsp3) is 1.00. The topological polar surface area (TPSA) is 52.5 Å². The molecule has 0 amide bonds. The summed E-state index contributed by atoms with van der Waals surface area (Å²) in [6.45, 7) is 8.39. The fourth-order valence-corrected chi connectivity index (χ4v) is 2.61. The predicted molar refractivity (Wildman–Crippen MR) is 59.5 cm³/mol. The third-order valence-corrected chi connectivity index (χ3v) is 4.83. The van der Waals surface area contributed by atoms with E-state index in [9.17, 15) is 10.2 Å². The van der Waals surface area contributed by atoms with Crippen molar-refractivity contribution < 1.29 is 10.2 Å². The van der Waals surface area contributed by atoms with Gasteiger partial charge in [0.25, 0.3) is 0 Å². The number of aliphatic hydroxyl groups excluding tert-OH is 2. The van der Waals surface area contributed by atoms with E-state index in [1.807, 2.05) is 0 Å². The summed E-state index contributed by atoms with van der Waals surface area (Å²) in [4.78, 5) is 0. The molecule has 2 aliphatic rings. The first kappa shape index (κ1) is 11.4. The highest BCUT2D eigenvalue weighted by atomic mass is 16.3. The standard InChI is InChI=1S/C12H23NO2/c1-11(2)7(5-9(11)14)13-8-6-10(15)12(8,3)4/h7-10,13-15H,5-6H2,1-4H3. The van der Waals surface area contributed by atoms with Crippen molar-refractivity contribution in [2.75, 3.05) is 0 Å². The molecule has 0 saturated heterocycles. The first-order valence-electron chi connectivity index (χ1n) is 5.88. The van der Waals surface area contributed by atoms with Crippen LogP contribution in [0, 0.1) is 10.8 Å². The molecule has 0 aromatic rings. The molecule has 4 unspecified atom stereocenters. The van der Waals surface area contributed by atoms with E-state index in [2.05, 4.69) is 33.0 Å². The third kappa shape index (κ3) is 1.52. The Hall–Kier alpha value is -0.120. The van der Waals surface area contributed by atoms with Gasteiger partial charge in [-0.15, -0.1) is 0 Å². The predicted octanol–water partition coefficient (Wildman–Crippen LogP) is 0.895. The zero-order chi connectivity index (χ0) is 11.4. The summed E-state index contributed by atoms with van der Waals surface area (Å²) in [7, 11) is 0. The van der Waals surface area contributed by atoms with Gasteiger partial charge < -0.3 is 15.5 Å². The van der Waals surface area contributed by atoms with Crippen molar-refractivity contribution in [2.24, 2.45) is 10.8 Å². The molecule has 4 atom stereocenters. The number of aliphatic hydroxyl groups is 2. The minimum absolute atomic E-state index is 0.0172. The smallest absolute Gasteiger partial charge is 0.0621 e. The first-order chi connectivity index (χ1) is 6.76. The summed E-state index contributed by atoms with van der Waals surface area (Å²) >= 11 is 0. The molecule has 3 N–H and O–H groups in total. The summed E-state index contributed by atoms with van der Waals surface area (Å²) in [5.74, 6) is 0. The van der Waals surface area contributed by atoms with Crippen LogP contribution in [0.25, 0.3) is 0 Å². The molecule has 0 radical (unpaired) electrons. The van der Waals surface area contributed by atoms with Crippen molar-refractivity contribution in [1.29, 1.82) is 0 Å². The summed E-state index contributed by atoms with van der Waals surface area (Å²) in [5, 5.41) is 22.9. The monoisotopic (exact) mass is 213 g/mol. The maximum absolute atomic E-state index is 9.64. The van der Waals surface area contributed by atoms with Gasteiger partial charge in [-0.2, -0.15) is 0 Å². The van der Waals surface area contributed by atoms with Crippen LogP contribution in [-0.2, 0) is 0 Å². The van der Waals surface area contributed by atoms with Crippen LogP contribution in [0.15, 0.2) is 0 Å². The highest BCUT2D eigenvalue weighted by Crippen LogP contribution is 2.45. The molecular weight excluding hydrogens is 190 g/mol. The van der Waals surface area contributed by atoms with Crippen molar-refractivity contribution in [3.8, 4) is 0 Å². The van der Waals surface area contributed by atoms with E-state index in [-0.39, 0.29) is 23.0 Å². The van der Waals surface area contributed by atoms with Gasteiger partial charge in [-0.25, -0.2) is 0 Å². The summed E-state index contributed by atoms with van der Waals surface area (Å²) in [6.07, 6.45) is 1.33. The Balaban J connectivity index is 1.90. The summed E-state index contributed by atoms with van der Waals surface area (Å²) < 4.78 is 0. The Bertz CT molecular complexity index is 236. The largest absolute Gasteiger partial charge is 0.392 e. The van der Waals surface area contributed by atoms with Crippen LogP contribution < -0.4 is 5.32 Å². The Morgan fingerprint density at radius 2 is 1.20 bits per heavy atom. The van der Waals surface area contributed by atoms with Gasteiger partial charge in [0.05, 0.1) is 12.2 Å². The first-order valence-corrected chi connectivity index (χ1v) is 5.88. The number of rotatable bonds is 2. The second-order valence-corrected chi connectivity index (χ2v) is 6.42. The summed E-state index contributed by atoms with van der Waals surface area (Å²) in [6, 6.07) is 0.786. The Labute approximate surface area is 91.9 Å². The van der Waals surface area contributed by atoms with Gasteiger partial charge in [0.15, 0.2) is 0 Å². The molecule has 0 aliphatic heterocycles. The molecule has 0 aromatic heterocycles. The van der Waals surface area contributed by atoms with Crippen LogP contribution in [0.5, 0.6) is 0 Å². The lowest BCUT2D eigenvalue weighted by Crippen LogP contribution is -2.68. The van der Waals surface area contributed by atoms with E-state index in [4.69, 9.17) is 0 Å². The van der Waals surface area contributed by atoms with Crippen LogP contribution in [0.3, 0.4) is 0 Å². The van der Waals surface area contributed by atoms with E-state index < -0.39 is 0 Å². The molecule has 0 bridgehead atoms. The van der Waals surface area contributed by atoms with Crippen molar-refractivity contribution in [1.82, 2.24) is 5.32 Å². The van der Waals surface area contributed by atoms with Crippen LogP contribution in [-0.4, -0.2) is 34.5 Å². The third-order valence-electron chi connectivity index (χ3n) is 4.83. The van der Waals surface area contributed by atoms with Crippen molar-refractivity contribution in [2.45, 2.75) is 64.8 Å². The second-order valence-electron chi connectivity index (χ2n) is 6.42. The van der Waals surface area contributed by atoms with Gasteiger partial charge in [0.1, 0.15) is 0 Å². The van der Waals surface area contributed by atoms with Gasteiger partial charge in [-0.05, 0) is 12.8 Å². The molecular formula is C12H23NO2. The molecule has 3 nitrogen and oxygen atoms in total. The van der Waals surface area contributed by atoms with Crippen LogP contribution in [0.2, 0.25) is 0 Å². The lowest BCUT2D eigenvalue weighted by molar-refractivity contribution is -0.118. The minimum atomic E-state index is -0.178. The average Bonchev–Trinajstić information content (AvgIpc) is 2.16. The molecule has 0 spiro atoms. The molecule has 2 aliphatic carbocycles. The SMILES string of the molecule is CC1(C)C(O)CC1NC1CC(O)C1(C)C. The van der Waals surface area contributed by atoms with Gasteiger partial charge in [0.2, 0.25) is 0 Å². The second kappa shape index (κ2) is 3.19. The Kier molecular flexibility index (Phi) is 2.42. The minimum Gasteiger partial charge on any atom is -0.392 e. The van der Waals surface area contributed by atoms with Crippen molar-refractivity contribution in [3.63, 3.8) is 0 Å². The van der Waals surface area contributed by atoms with Crippen LogP contribution >= 0.6 is 0 Å². The quantitative estimate of drug-likeness (QED) is 0.638. The lowest BCUT2D eigenvalue weighted by Gasteiger charge is -2.57. The Morgan fingerprint density at radius 3 is 1.40 bits per heavy atom. The van der Waals surface area contributed by atoms with Crippen LogP contribution in [0.1, 0.15) is 40.5 Å². The normalized spacial score (nSPS) is 46.8. The highest BCUT2D eigenvalue weighted by molar-refractivity contribution is 5.08. The van der Waals surface area contributed by atoms with E-state index in [1.165, 1.54) is 0 Å². The molecule has 0 heterocycles. The van der Waals surface area contributed by atoms with Gasteiger partial charge in [-0.1, -0.05) is 27.7 Å². The zero-order valence-electron chi connectivity index (χ0n) is 10.1. The lowest BCUT2D eigenvalue weighted by atomic mass is 9.60. The Morgan fingerprint density at radius 1 is 0.867 bits per heavy atom. The van der Waals surface area contributed by atoms with Gasteiger partial charge in [-0.3, -0.25) is 0 Å². The number of hydrogen-bond acceptors (Lipinski definition) is 3. The van der Waals surface area contributed by atoms with Gasteiger partial charge >= 0.3 is 0 Å². The molecule has 3 heteroatoms. The number of nitrogens with one attached hydrogen (secondary N) is 1. The number of hydrogen-bond donors (Lipinski definition) is 3. The summed E-state index contributed by atoms with van der Waals surface area (Å²) in [5.41, 5.74) is -0.0345. The van der Waals surface area contributed by atoms with E-state index >= 15 is 0 Å². The molecule has 2 saturated carbocycles. The van der Waals surface area contributed by atoms with Crippen LogP contribution in [0.4, 0.5) is 0 Å².